The fraction of sp³-hybridized carbons (Fsp3) is 0.118. The molecule has 0 amide bonds. The molecule has 0 spiro atoms. The van der Waals surface area contributed by atoms with Crippen LogP contribution in [0.4, 0.5) is 0 Å². The van der Waals surface area contributed by atoms with E-state index in [2.05, 4.69) is 5.92 Å². The van der Waals surface area contributed by atoms with Gasteiger partial charge in [0, 0.05) is 18.1 Å². The molecular formula is C17H14O2. The Morgan fingerprint density at radius 3 is 1.74 bits per heavy atom. The van der Waals surface area contributed by atoms with Gasteiger partial charge in [0.2, 0.25) is 5.60 Å². The molecule has 94 valence electrons. The molecule has 0 bridgehead atoms. The van der Waals surface area contributed by atoms with Crippen LogP contribution >= 0.6 is 0 Å². The van der Waals surface area contributed by atoms with E-state index < -0.39 is 11.6 Å². The molecule has 2 aromatic rings. The molecule has 0 radical (unpaired) electrons. The van der Waals surface area contributed by atoms with Gasteiger partial charge in [-0.3, -0.25) is 4.79 Å². The van der Waals surface area contributed by atoms with E-state index in [1.807, 2.05) is 60.7 Å². The van der Waals surface area contributed by atoms with Crippen molar-refractivity contribution in [2.24, 2.45) is 0 Å². The minimum absolute atomic E-state index is 0.411. The summed E-state index contributed by atoms with van der Waals surface area (Å²) in [7, 11) is 0. The maximum absolute atomic E-state index is 11.4. The fourth-order valence-electron chi connectivity index (χ4n) is 2.04. The van der Waals surface area contributed by atoms with Crippen LogP contribution in [0.5, 0.6) is 0 Å². The number of carbonyl (C=O) groups excluding carboxylic acids is 1. The molecule has 19 heavy (non-hydrogen) atoms. The van der Waals surface area contributed by atoms with Crippen molar-refractivity contribution >= 4 is 5.97 Å². The van der Waals surface area contributed by atoms with Crippen LogP contribution in [0.2, 0.25) is 0 Å². The number of hydrogen-bond acceptors (Lipinski definition) is 2. The molecule has 2 aromatic carbocycles. The molecule has 0 aromatic heterocycles. The summed E-state index contributed by atoms with van der Waals surface area (Å²) in [6.45, 7) is 1.36. The number of rotatable bonds is 3. The molecule has 0 saturated heterocycles. The highest BCUT2D eigenvalue weighted by Gasteiger charge is 2.35. The summed E-state index contributed by atoms with van der Waals surface area (Å²) in [6.07, 6.45) is 5.69. The predicted molar refractivity (Wildman–Crippen MR) is 74.3 cm³/mol. The second-order valence-electron chi connectivity index (χ2n) is 4.15. The highest BCUT2D eigenvalue weighted by atomic mass is 16.6. The average molecular weight is 250 g/mol. The summed E-state index contributed by atoms with van der Waals surface area (Å²) in [5, 5.41) is 0. The van der Waals surface area contributed by atoms with Crippen molar-refractivity contribution in [3.05, 3.63) is 71.8 Å². The normalized spacial score (nSPS) is 10.5. The zero-order chi connectivity index (χ0) is 13.7. The summed E-state index contributed by atoms with van der Waals surface area (Å²) in [5.74, 6) is 2.23. The Bertz CT molecular complexity index is 555. The van der Waals surface area contributed by atoms with Gasteiger partial charge in [-0.1, -0.05) is 60.7 Å². The van der Waals surface area contributed by atoms with Gasteiger partial charge in [-0.15, -0.1) is 6.42 Å². The van der Waals surface area contributed by atoms with Crippen molar-refractivity contribution < 1.29 is 9.53 Å². The molecule has 2 heteroatoms. The van der Waals surface area contributed by atoms with Crippen molar-refractivity contribution in [2.75, 3.05) is 0 Å². The molecular weight excluding hydrogens is 236 g/mol. The van der Waals surface area contributed by atoms with Gasteiger partial charge in [-0.2, -0.15) is 0 Å². The minimum Gasteiger partial charge on any atom is -0.437 e. The predicted octanol–water partition coefficient (Wildman–Crippen LogP) is 3.13. The average Bonchev–Trinajstić information content (AvgIpc) is 2.46. The second kappa shape index (κ2) is 5.41. The number of esters is 1. The molecule has 0 aliphatic rings. The van der Waals surface area contributed by atoms with Crippen LogP contribution in [-0.2, 0) is 15.1 Å². The van der Waals surface area contributed by atoms with Crippen molar-refractivity contribution in [3.8, 4) is 12.3 Å². The van der Waals surface area contributed by atoms with E-state index in [-0.39, 0.29) is 0 Å². The van der Waals surface area contributed by atoms with Gasteiger partial charge in [0.1, 0.15) is 0 Å². The third kappa shape index (κ3) is 2.51. The summed E-state index contributed by atoms with van der Waals surface area (Å²) >= 11 is 0. The van der Waals surface area contributed by atoms with E-state index in [9.17, 15) is 4.79 Å². The highest BCUT2D eigenvalue weighted by molar-refractivity contribution is 5.68. The summed E-state index contributed by atoms with van der Waals surface area (Å²) in [5.41, 5.74) is 0.353. The van der Waals surface area contributed by atoms with Crippen LogP contribution in [0.3, 0.4) is 0 Å². The van der Waals surface area contributed by atoms with Crippen LogP contribution < -0.4 is 0 Å². The summed E-state index contributed by atoms with van der Waals surface area (Å²) in [4.78, 5) is 11.4. The Morgan fingerprint density at radius 1 is 1.00 bits per heavy atom. The first kappa shape index (κ1) is 12.9. The zero-order valence-corrected chi connectivity index (χ0v) is 10.7. The fourth-order valence-corrected chi connectivity index (χ4v) is 2.04. The number of terminal acetylenes is 1. The first-order chi connectivity index (χ1) is 9.19. The molecule has 0 aliphatic carbocycles. The molecule has 0 fully saturated rings. The van der Waals surface area contributed by atoms with E-state index >= 15 is 0 Å². The molecule has 0 saturated carbocycles. The third-order valence-electron chi connectivity index (χ3n) is 2.86. The van der Waals surface area contributed by atoms with Gasteiger partial charge < -0.3 is 4.74 Å². The van der Waals surface area contributed by atoms with Gasteiger partial charge in [-0.05, 0) is 5.92 Å². The molecule has 0 heterocycles. The zero-order valence-electron chi connectivity index (χ0n) is 10.7. The number of carbonyl (C=O) groups is 1. The SMILES string of the molecule is C#CC(OC(C)=O)(c1ccccc1)c1ccccc1. The van der Waals surface area contributed by atoms with Crippen LogP contribution in [0.25, 0.3) is 0 Å². The number of ether oxygens (including phenoxy) is 1. The molecule has 0 N–H and O–H groups in total. The van der Waals surface area contributed by atoms with Crippen LogP contribution in [0.15, 0.2) is 60.7 Å². The lowest BCUT2D eigenvalue weighted by molar-refractivity contribution is -0.149. The molecule has 2 nitrogen and oxygen atoms in total. The molecule has 2 rings (SSSR count). The van der Waals surface area contributed by atoms with Crippen LogP contribution in [-0.4, -0.2) is 5.97 Å². The summed E-state index contributed by atoms with van der Waals surface area (Å²) in [6, 6.07) is 18.7. The number of benzene rings is 2. The lowest BCUT2D eigenvalue weighted by atomic mass is 9.87. The first-order valence-electron chi connectivity index (χ1n) is 5.97. The summed E-state index contributed by atoms with van der Waals surface area (Å²) < 4.78 is 5.48. The van der Waals surface area contributed by atoms with Gasteiger partial charge in [0.05, 0.1) is 0 Å². The topological polar surface area (TPSA) is 26.3 Å². The van der Waals surface area contributed by atoms with E-state index in [1.54, 1.807) is 0 Å². The Kier molecular flexibility index (Phi) is 3.68. The van der Waals surface area contributed by atoms with Crippen molar-refractivity contribution in [1.82, 2.24) is 0 Å². The number of hydrogen-bond donors (Lipinski definition) is 0. The van der Waals surface area contributed by atoms with Crippen LogP contribution in [0.1, 0.15) is 18.1 Å². The standard InChI is InChI=1S/C17H14O2/c1-3-17(19-14(2)18,15-10-6-4-7-11-15)16-12-8-5-9-13-16/h1,4-13H,2H3. The maximum atomic E-state index is 11.4. The monoisotopic (exact) mass is 250 g/mol. The van der Waals surface area contributed by atoms with Crippen molar-refractivity contribution in [1.29, 1.82) is 0 Å². The minimum atomic E-state index is -1.17. The Labute approximate surface area is 113 Å². The highest BCUT2D eigenvalue weighted by Crippen LogP contribution is 2.33. The van der Waals surface area contributed by atoms with E-state index in [1.165, 1.54) is 6.92 Å². The third-order valence-corrected chi connectivity index (χ3v) is 2.86. The smallest absolute Gasteiger partial charge is 0.304 e. The van der Waals surface area contributed by atoms with Gasteiger partial charge in [-0.25, -0.2) is 0 Å². The van der Waals surface area contributed by atoms with E-state index in [0.717, 1.165) is 11.1 Å². The molecule has 0 unspecified atom stereocenters. The Hall–Kier alpha value is -2.53. The quantitative estimate of drug-likeness (QED) is 0.618. The van der Waals surface area contributed by atoms with Crippen molar-refractivity contribution in [3.63, 3.8) is 0 Å². The lowest BCUT2D eigenvalue weighted by Crippen LogP contribution is -2.31. The Morgan fingerprint density at radius 2 is 1.42 bits per heavy atom. The van der Waals surface area contributed by atoms with Gasteiger partial charge >= 0.3 is 5.97 Å². The van der Waals surface area contributed by atoms with Gasteiger partial charge in [0.25, 0.3) is 0 Å². The molecule has 0 aliphatic heterocycles. The van der Waals surface area contributed by atoms with Crippen molar-refractivity contribution in [2.45, 2.75) is 12.5 Å². The van der Waals surface area contributed by atoms with E-state index in [4.69, 9.17) is 11.2 Å². The second-order valence-corrected chi connectivity index (χ2v) is 4.15. The van der Waals surface area contributed by atoms with E-state index in [0.29, 0.717) is 0 Å². The van der Waals surface area contributed by atoms with Crippen LogP contribution in [0, 0.1) is 12.3 Å². The maximum Gasteiger partial charge on any atom is 0.304 e. The lowest BCUT2D eigenvalue weighted by Gasteiger charge is -2.28. The first-order valence-corrected chi connectivity index (χ1v) is 5.97. The molecule has 0 atom stereocenters. The largest absolute Gasteiger partial charge is 0.437 e. The van der Waals surface area contributed by atoms with Gasteiger partial charge in [0.15, 0.2) is 0 Å². The Balaban J connectivity index is 2.63.